The van der Waals surface area contributed by atoms with Crippen LogP contribution in [0.3, 0.4) is 0 Å². The van der Waals surface area contributed by atoms with Crippen LogP contribution in [-0.2, 0) is 12.9 Å². The third-order valence-corrected chi connectivity index (χ3v) is 27.6. The van der Waals surface area contributed by atoms with Gasteiger partial charge in [0.25, 0.3) is 0 Å². The van der Waals surface area contributed by atoms with Gasteiger partial charge in [-0.25, -0.2) is 0 Å². The molecule has 0 fully saturated rings. The van der Waals surface area contributed by atoms with Gasteiger partial charge in [-0.15, -0.1) is 0 Å². The molecule has 2 aliphatic rings. The number of benzene rings is 3. The van der Waals surface area contributed by atoms with E-state index in [1.54, 1.807) is 0 Å². The van der Waals surface area contributed by atoms with Crippen LogP contribution in [0.4, 0.5) is 0 Å². The minimum absolute atomic E-state index is 0.125. The number of fused-ring (bicyclic) bond motifs is 2. The fourth-order valence-electron chi connectivity index (χ4n) is 6.65. The summed E-state index contributed by atoms with van der Waals surface area (Å²) in [6.07, 6.45) is 4.51. The van der Waals surface area contributed by atoms with Crippen molar-refractivity contribution in [3.63, 3.8) is 0 Å². The zero-order valence-electron chi connectivity index (χ0n) is 18.3. The van der Waals surface area contributed by atoms with E-state index < -0.39 is 12.9 Å². The number of allylic oxidation sites excluding steroid dienone is 2. The third kappa shape index (κ3) is 3.08. The molecule has 3 aromatic carbocycles. The second-order valence-corrected chi connectivity index (χ2v) is 56.9. The fourth-order valence-corrected chi connectivity index (χ4v) is 29.6. The molecular weight excluding hydrogens is 498 g/mol. The van der Waals surface area contributed by atoms with E-state index in [2.05, 4.69) is 101 Å². The molecule has 2 unspecified atom stereocenters. The van der Waals surface area contributed by atoms with E-state index in [4.69, 9.17) is 21.2 Å². The summed E-state index contributed by atoms with van der Waals surface area (Å²) < 4.78 is 8.95. The number of hydrogen-bond donors (Lipinski definition) is 0. The van der Waals surface area contributed by atoms with Crippen molar-refractivity contribution >= 4 is 39.0 Å². The predicted molar refractivity (Wildman–Crippen MR) is 137 cm³/mol. The van der Waals surface area contributed by atoms with Crippen LogP contribution in [0, 0.1) is 0 Å². The molecule has 2 aliphatic carbocycles. The van der Waals surface area contributed by atoms with Gasteiger partial charge in [-0.1, -0.05) is 0 Å². The average Bonchev–Trinajstić information content (AvgIpc) is 3.26. The van der Waals surface area contributed by atoms with E-state index >= 15 is 0 Å². The van der Waals surface area contributed by atoms with Gasteiger partial charge in [0.2, 0.25) is 0 Å². The molecule has 0 aromatic heterocycles. The van der Waals surface area contributed by atoms with Crippen LogP contribution in [0.15, 0.2) is 84.4 Å². The van der Waals surface area contributed by atoms with Gasteiger partial charge in [0.15, 0.2) is 0 Å². The molecular formula is C28H28Cl2Zr. The molecule has 0 radical (unpaired) electrons. The minimum atomic E-state index is -5.94. The van der Waals surface area contributed by atoms with Crippen LogP contribution in [0.1, 0.15) is 42.0 Å². The molecule has 0 heterocycles. The first kappa shape index (κ1) is 21.3. The molecule has 31 heavy (non-hydrogen) atoms. The molecule has 5 rings (SSSR count). The molecule has 0 bridgehead atoms. The average molecular weight is 527 g/mol. The first-order valence-electron chi connectivity index (χ1n) is 10.9. The molecule has 3 heteroatoms. The zero-order valence-corrected chi connectivity index (χ0v) is 22.2. The zero-order chi connectivity index (χ0) is 22.2. The Labute approximate surface area is 186 Å². The Hall–Kier alpha value is -1.53. The molecule has 0 nitrogen and oxygen atoms in total. The summed E-state index contributed by atoms with van der Waals surface area (Å²) in [5.41, 5.74) is 8.29. The van der Waals surface area contributed by atoms with E-state index in [0.29, 0.717) is 0 Å². The Morgan fingerprint density at radius 2 is 1.16 bits per heavy atom. The van der Waals surface area contributed by atoms with Gasteiger partial charge in [-0.2, -0.15) is 0 Å². The van der Waals surface area contributed by atoms with Crippen LogP contribution in [0.5, 0.6) is 0 Å². The van der Waals surface area contributed by atoms with Gasteiger partial charge >= 0.3 is 188 Å². The molecule has 3 aromatic rings. The SMILES string of the molecule is [CH2]=[Zr]([CH3])([CH3])([Cl])([Cl])([CH]1C(C)=Cc2ccccc21)[CH]1C(c2ccccc2)=Cc2ccccc21. The predicted octanol–water partition coefficient (Wildman–Crippen LogP) is 9.04. The van der Waals surface area contributed by atoms with Crippen molar-refractivity contribution in [2.24, 2.45) is 0 Å². The van der Waals surface area contributed by atoms with Gasteiger partial charge < -0.3 is 0 Å². The van der Waals surface area contributed by atoms with E-state index in [1.165, 1.54) is 33.4 Å². The van der Waals surface area contributed by atoms with Crippen LogP contribution in [0.2, 0.25) is 9.26 Å². The topological polar surface area (TPSA) is 0 Å². The first-order valence-corrected chi connectivity index (χ1v) is 26.8. The normalized spacial score (nSPS) is 23.5. The van der Waals surface area contributed by atoms with Crippen LogP contribution < -0.4 is 0 Å². The molecule has 0 amide bonds. The number of hydrogen-bond acceptors (Lipinski definition) is 0. The molecule has 0 aliphatic heterocycles. The summed E-state index contributed by atoms with van der Waals surface area (Å²) in [7, 11) is 16.3. The van der Waals surface area contributed by atoms with Gasteiger partial charge in [0, 0.05) is 0 Å². The van der Waals surface area contributed by atoms with Crippen molar-refractivity contribution in [3.8, 4) is 0 Å². The summed E-state index contributed by atoms with van der Waals surface area (Å²) in [4.78, 5) is 0. The second-order valence-electron chi connectivity index (χ2n) is 11.4. The van der Waals surface area contributed by atoms with E-state index in [0.717, 1.165) is 5.56 Å². The van der Waals surface area contributed by atoms with Crippen molar-refractivity contribution < 1.29 is 12.9 Å². The van der Waals surface area contributed by atoms with Crippen LogP contribution in [0.25, 0.3) is 17.7 Å². The molecule has 2 atom stereocenters. The Morgan fingerprint density at radius 3 is 1.77 bits per heavy atom. The monoisotopic (exact) mass is 524 g/mol. The first-order chi connectivity index (χ1) is 14.3. The van der Waals surface area contributed by atoms with Crippen molar-refractivity contribution in [2.75, 3.05) is 0 Å². The van der Waals surface area contributed by atoms with Crippen molar-refractivity contribution in [1.29, 1.82) is 0 Å². The number of rotatable bonds is 3. The van der Waals surface area contributed by atoms with E-state index in [1.807, 2.05) is 6.07 Å². The Kier molecular flexibility index (Phi) is 3.91. The van der Waals surface area contributed by atoms with Crippen molar-refractivity contribution in [2.45, 2.75) is 23.4 Å². The van der Waals surface area contributed by atoms with Crippen molar-refractivity contribution in [3.05, 3.63) is 112 Å². The molecule has 0 saturated heterocycles. The van der Waals surface area contributed by atoms with E-state index in [9.17, 15) is 0 Å². The summed E-state index contributed by atoms with van der Waals surface area (Å²) in [6, 6.07) is 27.5. The fraction of sp³-hybridized carbons (Fsp3) is 0.179. The van der Waals surface area contributed by atoms with Gasteiger partial charge in [0.05, 0.1) is 0 Å². The van der Waals surface area contributed by atoms with Crippen LogP contribution >= 0.6 is 17.0 Å². The summed E-state index contributed by atoms with van der Waals surface area (Å²) in [5, 5.41) is 0. The van der Waals surface area contributed by atoms with Crippen molar-refractivity contribution in [1.82, 2.24) is 0 Å². The Balaban J connectivity index is 1.87. The number of halogens is 2. The quantitative estimate of drug-likeness (QED) is 0.319. The van der Waals surface area contributed by atoms with Gasteiger partial charge in [-0.3, -0.25) is 0 Å². The second kappa shape index (κ2) is 5.69. The molecule has 0 spiro atoms. The Bertz CT molecular complexity index is 1410. The standard InChI is InChI=1S/C15H11.C10H9.2CH3.CH2.2ClH.Zr/c1-2-6-12(7-3-1)15-10-13-8-4-5-9-14(13)11-15;1-8-6-9-4-2-3-5-10(9)7-8;;;;;;/h1-11H;2-7H,1H3;2*1H3;1H2;2*1H;/q;;;;;;;+2/p-2. The molecule has 158 valence electrons. The van der Waals surface area contributed by atoms with E-state index in [-0.39, 0.29) is 7.25 Å². The Morgan fingerprint density at radius 1 is 0.677 bits per heavy atom. The maximum absolute atomic E-state index is 8.17. The van der Waals surface area contributed by atoms with Gasteiger partial charge in [0.1, 0.15) is 0 Å². The summed E-state index contributed by atoms with van der Waals surface area (Å²) in [5.74, 6) is 0. The van der Waals surface area contributed by atoms with Gasteiger partial charge in [-0.05, 0) is 0 Å². The maximum atomic E-state index is 8.17. The third-order valence-electron chi connectivity index (χ3n) is 7.51. The summed E-state index contributed by atoms with van der Waals surface area (Å²) >= 11 is -5.94. The summed E-state index contributed by atoms with van der Waals surface area (Å²) in [6.45, 7) is 2.16. The van der Waals surface area contributed by atoms with Crippen LogP contribution in [-0.4, -0.2) is 4.21 Å². The molecule has 0 saturated carbocycles. The molecule has 0 N–H and O–H groups in total.